The number of nitrogens with one attached hydrogen (secondary N) is 1. The Morgan fingerprint density at radius 1 is 1.07 bits per heavy atom. The largest absolute Gasteiger partial charge is 0.383 e. The number of fused-ring (bicyclic) bond motifs is 1. The Hall–Kier alpha value is -2.18. The molecule has 2 atom stereocenters. The van der Waals surface area contributed by atoms with Crippen LogP contribution in [-0.4, -0.2) is 65.0 Å². The lowest BCUT2D eigenvalue weighted by molar-refractivity contribution is 0.0227. The number of para-hydroxylation sites is 1. The summed E-state index contributed by atoms with van der Waals surface area (Å²) in [5.41, 5.74) is 2.31. The summed E-state index contributed by atoms with van der Waals surface area (Å²) >= 11 is 6.06. The molecule has 2 N–H and O–H groups in total. The number of nitrogens with zero attached hydrogens (tertiary/aromatic N) is 2. The molecule has 0 spiro atoms. The number of aromatic nitrogens is 1. The summed E-state index contributed by atoms with van der Waals surface area (Å²) in [6.07, 6.45) is 0.530. The van der Waals surface area contributed by atoms with Crippen molar-refractivity contribution in [3.05, 3.63) is 70.9 Å². The molecular formula is C22H24ClN3O2. The van der Waals surface area contributed by atoms with E-state index in [9.17, 15) is 9.90 Å². The van der Waals surface area contributed by atoms with Crippen LogP contribution in [0.25, 0.3) is 10.9 Å². The molecule has 0 saturated carbocycles. The van der Waals surface area contributed by atoms with Crippen LogP contribution in [0.3, 0.4) is 0 Å². The molecule has 28 heavy (non-hydrogen) atoms. The van der Waals surface area contributed by atoms with Crippen LogP contribution in [0.15, 0.2) is 54.7 Å². The van der Waals surface area contributed by atoms with Crippen LogP contribution in [0.5, 0.6) is 0 Å². The minimum atomic E-state index is -1.16. The van der Waals surface area contributed by atoms with Crippen LogP contribution in [-0.2, 0) is 0 Å². The third-order valence-corrected chi connectivity index (χ3v) is 5.82. The third kappa shape index (κ3) is 3.71. The van der Waals surface area contributed by atoms with Crippen molar-refractivity contribution < 1.29 is 9.90 Å². The highest BCUT2D eigenvalue weighted by atomic mass is 35.5. The number of H-pyrrole nitrogens is 1. The van der Waals surface area contributed by atoms with Crippen molar-refractivity contribution in [3.8, 4) is 0 Å². The van der Waals surface area contributed by atoms with Gasteiger partial charge >= 0.3 is 0 Å². The van der Waals surface area contributed by atoms with Gasteiger partial charge in [0.25, 0.3) is 0 Å². The molecule has 2 aromatic carbocycles. The van der Waals surface area contributed by atoms with E-state index in [1.54, 1.807) is 6.20 Å². The van der Waals surface area contributed by atoms with Gasteiger partial charge in [0.05, 0.1) is 6.04 Å². The van der Waals surface area contributed by atoms with Gasteiger partial charge in [-0.1, -0.05) is 41.9 Å². The maximum absolute atomic E-state index is 13.3. The van der Waals surface area contributed by atoms with Gasteiger partial charge in [0, 0.05) is 53.9 Å². The molecule has 0 radical (unpaired) electrons. The van der Waals surface area contributed by atoms with Gasteiger partial charge in [0.15, 0.2) is 5.78 Å². The molecule has 3 aromatic rings. The van der Waals surface area contributed by atoms with E-state index in [0.29, 0.717) is 10.6 Å². The first-order valence-electron chi connectivity index (χ1n) is 9.51. The number of hydrogen-bond donors (Lipinski definition) is 2. The zero-order valence-corrected chi connectivity index (χ0v) is 16.6. The number of Topliss-reactive ketones (excluding diaryl/α,β-unsaturated/α-hetero) is 1. The summed E-state index contributed by atoms with van der Waals surface area (Å²) in [6.45, 7) is 3.39. The summed E-state index contributed by atoms with van der Waals surface area (Å²) in [4.78, 5) is 20.8. The second-order valence-electron chi connectivity index (χ2n) is 7.39. The van der Waals surface area contributed by atoms with Crippen molar-refractivity contribution in [2.75, 3.05) is 33.2 Å². The summed E-state index contributed by atoms with van der Waals surface area (Å²) in [5, 5.41) is 12.7. The molecule has 2 heterocycles. The first-order valence-corrected chi connectivity index (χ1v) is 9.89. The number of piperazine rings is 1. The molecular weight excluding hydrogens is 374 g/mol. The molecule has 146 valence electrons. The molecule has 1 fully saturated rings. The van der Waals surface area contributed by atoms with Crippen molar-refractivity contribution in [2.45, 2.75) is 12.1 Å². The zero-order chi connectivity index (χ0) is 19.7. The Labute approximate surface area is 169 Å². The molecule has 1 aromatic heterocycles. The lowest BCUT2D eigenvalue weighted by atomic mass is 9.93. The lowest BCUT2D eigenvalue weighted by Crippen LogP contribution is -2.50. The Morgan fingerprint density at radius 2 is 1.75 bits per heavy atom. The molecule has 0 aliphatic carbocycles. The van der Waals surface area contributed by atoms with Gasteiger partial charge in [-0.2, -0.15) is 0 Å². The van der Waals surface area contributed by atoms with Gasteiger partial charge < -0.3 is 15.0 Å². The minimum Gasteiger partial charge on any atom is -0.383 e. The van der Waals surface area contributed by atoms with E-state index in [1.165, 1.54) is 0 Å². The molecule has 6 heteroatoms. The van der Waals surface area contributed by atoms with E-state index in [-0.39, 0.29) is 5.78 Å². The predicted molar refractivity (Wildman–Crippen MR) is 112 cm³/mol. The monoisotopic (exact) mass is 397 g/mol. The maximum atomic E-state index is 13.3. The minimum absolute atomic E-state index is 0.267. The highest BCUT2D eigenvalue weighted by Gasteiger charge is 2.35. The van der Waals surface area contributed by atoms with Gasteiger partial charge in [-0.15, -0.1) is 0 Å². The summed E-state index contributed by atoms with van der Waals surface area (Å²) in [5.74, 6) is -0.267. The highest BCUT2D eigenvalue weighted by Crippen LogP contribution is 2.30. The van der Waals surface area contributed by atoms with E-state index in [1.807, 2.05) is 48.5 Å². The van der Waals surface area contributed by atoms with Crippen LogP contribution >= 0.6 is 11.6 Å². The number of hydrogen-bond acceptors (Lipinski definition) is 4. The molecule has 0 amide bonds. The summed E-state index contributed by atoms with van der Waals surface area (Å²) < 4.78 is 0. The van der Waals surface area contributed by atoms with Crippen molar-refractivity contribution in [3.63, 3.8) is 0 Å². The van der Waals surface area contributed by atoms with E-state index < -0.39 is 12.1 Å². The number of aliphatic hydroxyl groups is 1. The lowest BCUT2D eigenvalue weighted by Gasteiger charge is -2.39. The Morgan fingerprint density at radius 3 is 2.46 bits per heavy atom. The number of benzene rings is 2. The standard InChI is InChI=1S/C22H24ClN3O2/c1-25-10-12-26(13-11-25)20(15-6-8-16(23)9-7-15)22(28)21(27)18-14-24-19-5-3-2-4-17(18)19/h2-9,14,20,22,24,28H,10-13H2,1H3. The first kappa shape index (κ1) is 19.2. The zero-order valence-electron chi connectivity index (χ0n) is 15.8. The van der Waals surface area contributed by atoms with Gasteiger partial charge in [-0.05, 0) is 30.8 Å². The van der Waals surface area contributed by atoms with Crippen molar-refractivity contribution in [2.24, 2.45) is 0 Å². The molecule has 1 aliphatic rings. The number of halogens is 1. The van der Waals surface area contributed by atoms with Gasteiger partial charge in [-0.25, -0.2) is 0 Å². The van der Waals surface area contributed by atoms with Crippen LogP contribution in [0, 0.1) is 0 Å². The van der Waals surface area contributed by atoms with Crippen LogP contribution in [0.2, 0.25) is 5.02 Å². The molecule has 4 rings (SSSR count). The SMILES string of the molecule is CN1CCN(C(c2ccc(Cl)cc2)C(O)C(=O)c2c[nH]c3ccccc23)CC1. The van der Waals surface area contributed by atoms with E-state index >= 15 is 0 Å². The van der Waals surface area contributed by atoms with Gasteiger partial charge in [-0.3, -0.25) is 9.69 Å². The van der Waals surface area contributed by atoms with Crippen molar-refractivity contribution in [1.82, 2.24) is 14.8 Å². The highest BCUT2D eigenvalue weighted by molar-refractivity contribution is 6.30. The van der Waals surface area contributed by atoms with Crippen LogP contribution in [0.1, 0.15) is 22.0 Å². The van der Waals surface area contributed by atoms with Crippen LogP contribution < -0.4 is 0 Å². The predicted octanol–water partition coefficient (Wildman–Crippen LogP) is 3.35. The third-order valence-electron chi connectivity index (χ3n) is 5.57. The Balaban J connectivity index is 1.68. The van der Waals surface area contributed by atoms with Gasteiger partial charge in [0.2, 0.25) is 0 Å². The number of likely N-dealkylation sites (N-methyl/N-ethyl adjacent to an activating group) is 1. The van der Waals surface area contributed by atoms with E-state index in [0.717, 1.165) is 42.6 Å². The number of rotatable bonds is 5. The molecule has 2 unspecified atom stereocenters. The van der Waals surface area contributed by atoms with E-state index in [4.69, 9.17) is 11.6 Å². The molecule has 0 bridgehead atoms. The molecule has 1 saturated heterocycles. The quantitative estimate of drug-likeness (QED) is 0.648. The fraction of sp³-hybridized carbons (Fsp3) is 0.318. The maximum Gasteiger partial charge on any atom is 0.195 e. The number of aromatic amines is 1. The molecule has 1 aliphatic heterocycles. The second kappa shape index (κ2) is 8.05. The first-order chi connectivity index (χ1) is 13.5. The van der Waals surface area contributed by atoms with Crippen molar-refractivity contribution in [1.29, 1.82) is 0 Å². The Kier molecular flexibility index (Phi) is 5.51. The number of ketones is 1. The second-order valence-corrected chi connectivity index (χ2v) is 7.83. The van der Waals surface area contributed by atoms with Gasteiger partial charge in [0.1, 0.15) is 6.10 Å². The fourth-order valence-corrected chi connectivity index (χ4v) is 4.06. The Bertz CT molecular complexity index is 961. The normalized spacial score (nSPS) is 18.2. The molecule has 5 nitrogen and oxygen atoms in total. The summed E-state index contributed by atoms with van der Waals surface area (Å²) in [7, 11) is 2.09. The smallest absolute Gasteiger partial charge is 0.195 e. The number of carbonyl (C=O) groups is 1. The van der Waals surface area contributed by atoms with E-state index in [2.05, 4.69) is 21.8 Å². The average Bonchev–Trinajstić information content (AvgIpc) is 3.14. The number of aliphatic hydroxyl groups excluding tert-OH is 1. The van der Waals surface area contributed by atoms with Crippen molar-refractivity contribution >= 4 is 28.3 Å². The topological polar surface area (TPSA) is 59.6 Å². The average molecular weight is 398 g/mol. The fourth-order valence-electron chi connectivity index (χ4n) is 3.93. The summed E-state index contributed by atoms with van der Waals surface area (Å²) in [6, 6.07) is 14.7. The number of carbonyl (C=O) groups excluding carboxylic acids is 1. The van der Waals surface area contributed by atoms with Crippen LogP contribution in [0.4, 0.5) is 0 Å².